The minimum atomic E-state index is -0.111. The number of nitrogens with one attached hydrogen (secondary N) is 1. The number of rotatable bonds is 1. The second kappa shape index (κ2) is 2.31. The maximum Gasteiger partial charge on any atom is 0.146 e. The number of dihydropyridines is 1. The highest BCUT2D eigenvalue weighted by Gasteiger charge is 1.97. The summed E-state index contributed by atoms with van der Waals surface area (Å²) in [4.78, 5) is 10.0. The molecule has 0 radical (unpaired) electrons. The van der Waals surface area contributed by atoms with Crippen LogP contribution in [0.4, 0.5) is 0 Å². The van der Waals surface area contributed by atoms with Gasteiger partial charge in [-0.25, -0.2) is 0 Å². The van der Waals surface area contributed by atoms with Crippen molar-refractivity contribution in [3.05, 3.63) is 24.4 Å². The summed E-state index contributed by atoms with van der Waals surface area (Å²) < 4.78 is 0. The summed E-state index contributed by atoms with van der Waals surface area (Å²) >= 11 is 0. The standard InChI is InChI=1S/C6H7NO/c8-5-6-3-1-2-4-7-6/h1-7H. The van der Waals surface area contributed by atoms with E-state index in [1.165, 1.54) is 0 Å². The van der Waals surface area contributed by atoms with Gasteiger partial charge in [0.05, 0.1) is 0 Å². The zero-order valence-electron chi connectivity index (χ0n) is 4.37. The summed E-state index contributed by atoms with van der Waals surface area (Å²) in [7, 11) is 0. The van der Waals surface area contributed by atoms with Gasteiger partial charge in [0.1, 0.15) is 12.3 Å². The molecule has 1 atom stereocenters. The van der Waals surface area contributed by atoms with Crippen molar-refractivity contribution >= 4 is 6.29 Å². The third-order valence-electron chi connectivity index (χ3n) is 0.961. The zero-order chi connectivity index (χ0) is 5.82. The lowest BCUT2D eigenvalue weighted by Crippen LogP contribution is -2.24. The molecule has 0 aliphatic carbocycles. The third kappa shape index (κ3) is 0.964. The Morgan fingerprint density at radius 1 is 1.50 bits per heavy atom. The van der Waals surface area contributed by atoms with Gasteiger partial charge in [0.25, 0.3) is 0 Å². The van der Waals surface area contributed by atoms with E-state index in [0.29, 0.717) is 0 Å². The molecular weight excluding hydrogens is 102 g/mol. The van der Waals surface area contributed by atoms with Crippen LogP contribution in [0.25, 0.3) is 0 Å². The highest BCUT2D eigenvalue weighted by atomic mass is 16.1. The molecule has 0 aromatic rings. The van der Waals surface area contributed by atoms with Crippen molar-refractivity contribution in [2.75, 3.05) is 0 Å². The maximum absolute atomic E-state index is 10.0. The smallest absolute Gasteiger partial charge is 0.146 e. The fourth-order valence-electron chi connectivity index (χ4n) is 0.546. The van der Waals surface area contributed by atoms with Crippen LogP contribution in [0.3, 0.4) is 0 Å². The molecule has 0 bridgehead atoms. The lowest BCUT2D eigenvalue weighted by molar-refractivity contribution is -0.108. The molecule has 1 heterocycles. The van der Waals surface area contributed by atoms with Gasteiger partial charge in [-0.2, -0.15) is 0 Å². The van der Waals surface area contributed by atoms with Gasteiger partial charge < -0.3 is 10.1 Å². The van der Waals surface area contributed by atoms with Crippen molar-refractivity contribution in [3.8, 4) is 0 Å². The Bertz CT molecular complexity index is 137. The van der Waals surface area contributed by atoms with Gasteiger partial charge in [-0.3, -0.25) is 0 Å². The molecule has 1 aliphatic rings. The van der Waals surface area contributed by atoms with Gasteiger partial charge in [0.15, 0.2) is 0 Å². The third-order valence-corrected chi connectivity index (χ3v) is 0.961. The summed E-state index contributed by atoms with van der Waals surface area (Å²) in [6.45, 7) is 0. The molecule has 1 unspecified atom stereocenters. The van der Waals surface area contributed by atoms with E-state index >= 15 is 0 Å². The normalized spacial score (nSPS) is 24.8. The lowest BCUT2D eigenvalue weighted by atomic mass is 10.2. The highest BCUT2D eigenvalue weighted by molar-refractivity contribution is 5.61. The van der Waals surface area contributed by atoms with Gasteiger partial charge in [-0.1, -0.05) is 12.2 Å². The first-order chi connectivity index (χ1) is 3.93. The Kier molecular flexibility index (Phi) is 1.47. The fourth-order valence-corrected chi connectivity index (χ4v) is 0.546. The molecule has 0 saturated heterocycles. The Morgan fingerprint density at radius 2 is 2.38 bits per heavy atom. The van der Waals surface area contributed by atoms with Gasteiger partial charge in [-0.15, -0.1) is 0 Å². The summed E-state index contributed by atoms with van der Waals surface area (Å²) in [5.74, 6) is 0. The van der Waals surface area contributed by atoms with Gasteiger partial charge in [-0.05, 0) is 12.3 Å². The topological polar surface area (TPSA) is 29.1 Å². The first-order valence-electron chi connectivity index (χ1n) is 2.48. The molecule has 0 aromatic heterocycles. The van der Waals surface area contributed by atoms with Crippen LogP contribution in [0.15, 0.2) is 24.4 Å². The molecule has 0 aromatic carbocycles. The summed E-state index contributed by atoms with van der Waals surface area (Å²) in [5, 5.41) is 2.83. The highest BCUT2D eigenvalue weighted by Crippen LogP contribution is 1.88. The summed E-state index contributed by atoms with van der Waals surface area (Å²) in [6.07, 6.45) is 8.10. The van der Waals surface area contributed by atoms with E-state index in [4.69, 9.17) is 0 Å². The average Bonchev–Trinajstić information content (AvgIpc) is 1.90. The minimum absolute atomic E-state index is 0.111. The lowest BCUT2D eigenvalue weighted by Gasteiger charge is -2.05. The van der Waals surface area contributed by atoms with Crippen molar-refractivity contribution < 1.29 is 4.79 Å². The number of aldehydes is 1. The van der Waals surface area contributed by atoms with Crippen molar-refractivity contribution in [1.82, 2.24) is 5.32 Å². The zero-order valence-corrected chi connectivity index (χ0v) is 4.37. The molecule has 0 spiro atoms. The van der Waals surface area contributed by atoms with Crippen LogP contribution in [0.5, 0.6) is 0 Å². The summed E-state index contributed by atoms with van der Waals surface area (Å²) in [5.41, 5.74) is 0. The van der Waals surface area contributed by atoms with E-state index in [-0.39, 0.29) is 6.04 Å². The molecule has 0 saturated carbocycles. The fraction of sp³-hybridized carbons (Fsp3) is 0.167. The first-order valence-corrected chi connectivity index (χ1v) is 2.48. The van der Waals surface area contributed by atoms with Gasteiger partial charge in [0, 0.05) is 0 Å². The van der Waals surface area contributed by atoms with Crippen molar-refractivity contribution in [1.29, 1.82) is 0 Å². The summed E-state index contributed by atoms with van der Waals surface area (Å²) in [6, 6.07) is -0.111. The van der Waals surface area contributed by atoms with Gasteiger partial charge >= 0.3 is 0 Å². The Hall–Kier alpha value is -1.05. The number of hydrogen-bond acceptors (Lipinski definition) is 2. The number of allylic oxidation sites excluding steroid dienone is 2. The molecule has 1 N–H and O–H groups in total. The average molecular weight is 109 g/mol. The second-order valence-electron chi connectivity index (χ2n) is 1.57. The number of hydrogen-bond donors (Lipinski definition) is 1. The van der Waals surface area contributed by atoms with Gasteiger partial charge in [0.2, 0.25) is 0 Å². The second-order valence-corrected chi connectivity index (χ2v) is 1.57. The van der Waals surface area contributed by atoms with Crippen LogP contribution < -0.4 is 5.32 Å². The van der Waals surface area contributed by atoms with Crippen LogP contribution in [0, 0.1) is 0 Å². The van der Waals surface area contributed by atoms with E-state index in [2.05, 4.69) is 5.32 Å². The molecular formula is C6H7NO. The molecule has 1 aliphatic heterocycles. The predicted octanol–water partition coefficient (Wildman–Crippen LogP) is 0.227. The van der Waals surface area contributed by atoms with Crippen molar-refractivity contribution in [3.63, 3.8) is 0 Å². The first kappa shape index (κ1) is 5.09. The van der Waals surface area contributed by atoms with Crippen LogP contribution in [-0.2, 0) is 4.79 Å². The molecule has 2 nitrogen and oxygen atoms in total. The maximum atomic E-state index is 10.0. The molecule has 8 heavy (non-hydrogen) atoms. The van der Waals surface area contributed by atoms with Crippen molar-refractivity contribution in [2.24, 2.45) is 0 Å². The Balaban J connectivity index is 2.51. The van der Waals surface area contributed by atoms with Crippen molar-refractivity contribution in [2.45, 2.75) is 6.04 Å². The van der Waals surface area contributed by atoms with E-state index in [9.17, 15) is 4.79 Å². The molecule has 0 amide bonds. The van der Waals surface area contributed by atoms with E-state index < -0.39 is 0 Å². The molecule has 0 fully saturated rings. The SMILES string of the molecule is O=CC1C=CC=CN1. The number of carbonyl (C=O) groups is 1. The van der Waals surface area contributed by atoms with E-state index in [0.717, 1.165) is 6.29 Å². The predicted molar refractivity (Wildman–Crippen MR) is 31.3 cm³/mol. The molecule has 2 heteroatoms. The van der Waals surface area contributed by atoms with Crippen LogP contribution >= 0.6 is 0 Å². The van der Waals surface area contributed by atoms with Crippen LogP contribution in [0.2, 0.25) is 0 Å². The van der Waals surface area contributed by atoms with E-state index in [1.54, 1.807) is 12.3 Å². The largest absolute Gasteiger partial charge is 0.378 e. The minimum Gasteiger partial charge on any atom is -0.378 e. The van der Waals surface area contributed by atoms with E-state index in [1.807, 2.05) is 12.2 Å². The van der Waals surface area contributed by atoms with Crippen LogP contribution in [-0.4, -0.2) is 12.3 Å². The Morgan fingerprint density at radius 3 is 2.75 bits per heavy atom. The Labute approximate surface area is 47.9 Å². The molecule has 42 valence electrons. The number of carbonyl (C=O) groups excluding carboxylic acids is 1. The molecule has 1 rings (SSSR count). The quantitative estimate of drug-likeness (QED) is 0.488. The monoisotopic (exact) mass is 109 g/mol. The van der Waals surface area contributed by atoms with Crippen LogP contribution in [0.1, 0.15) is 0 Å².